The molecule has 2 saturated heterocycles. The lowest BCUT2D eigenvalue weighted by Crippen LogP contribution is -2.68. The molecule has 6 rings (SSSR count). The number of amides is 2. The average Bonchev–Trinajstić information content (AvgIpc) is 3.30. The molecule has 4 aliphatic heterocycles. The molecule has 1 aliphatic carbocycles. The minimum atomic E-state index is -1.04. The van der Waals surface area contributed by atoms with Crippen LogP contribution in [0.15, 0.2) is 24.3 Å². The average molecular weight is 406 g/mol. The number of fused-ring (bicyclic) bond motifs is 6. The summed E-state index contributed by atoms with van der Waals surface area (Å²) < 4.78 is 7.29. The van der Waals surface area contributed by atoms with Crippen LogP contribution in [0.4, 0.5) is 5.69 Å². The zero-order valence-electron chi connectivity index (χ0n) is 17.1. The molecule has 0 unspecified atom stereocenters. The summed E-state index contributed by atoms with van der Waals surface area (Å²) >= 11 is 0. The molecule has 2 atom stereocenters. The van der Waals surface area contributed by atoms with Gasteiger partial charge in [-0.25, -0.2) is 0 Å². The van der Waals surface area contributed by atoms with E-state index in [-0.39, 0.29) is 17.9 Å². The third kappa shape index (κ3) is 2.18. The molecular weight excluding hydrogens is 382 g/mol. The van der Waals surface area contributed by atoms with E-state index in [0.717, 1.165) is 41.0 Å². The fourth-order valence-corrected chi connectivity index (χ4v) is 5.49. The van der Waals surface area contributed by atoms with Gasteiger partial charge in [0.25, 0.3) is 11.6 Å². The van der Waals surface area contributed by atoms with Gasteiger partial charge in [0, 0.05) is 17.7 Å². The van der Waals surface area contributed by atoms with Crippen molar-refractivity contribution >= 4 is 34.9 Å². The Morgan fingerprint density at radius 3 is 2.97 bits per heavy atom. The molecule has 1 spiro atoms. The van der Waals surface area contributed by atoms with Gasteiger partial charge >= 0.3 is 0 Å². The van der Waals surface area contributed by atoms with Gasteiger partial charge < -0.3 is 15.0 Å². The SMILES string of the molecule is CC1(C)C=Cc2c(ccc3c2[N+](O)=C2CC[C@@]4(C=C23)NC(=O)[C@@H]2CCCN2C4=O)O1. The second kappa shape index (κ2) is 5.53. The Morgan fingerprint density at radius 2 is 2.13 bits per heavy atom. The Hall–Kier alpha value is -3.09. The predicted octanol–water partition coefficient (Wildman–Crippen LogP) is 2.40. The summed E-state index contributed by atoms with van der Waals surface area (Å²) in [5.41, 5.74) is 2.47. The molecule has 2 N–H and O–H groups in total. The van der Waals surface area contributed by atoms with Crippen LogP contribution in [0.1, 0.15) is 50.7 Å². The van der Waals surface area contributed by atoms with Gasteiger partial charge in [0.2, 0.25) is 11.6 Å². The highest BCUT2D eigenvalue weighted by Crippen LogP contribution is 2.47. The first-order valence-electron chi connectivity index (χ1n) is 10.6. The van der Waals surface area contributed by atoms with E-state index in [1.165, 1.54) is 4.74 Å². The molecule has 0 aromatic heterocycles. The van der Waals surface area contributed by atoms with Crippen LogP contribution in [-0.2, 0) is 9.59 Å². The maximum atomic E-state index is 13.4. The van der Waals surface area contributed by atoms with Crippen molar-refractivity contribution in [2.75, 3.05) is 6.54 Å². The Morgan fingerprint density at radius 1 is 1.30 bits per heavy atom. The number of carbonyl (C=O) groups is 2. The summed E-state index contributed by atoms with van der Waals surface area (Å²) in [6.45, 7) is 4.60. The van der Waals surface area contributed by atoms with Crippen molar-refractivity contribution in [3.05, 3.63) is 35.4 Å². The lowest BCUT2D eigenvalue weighted by Gasteiger charge is -2.43. The monoisotopic (exact) mass is 406 g/mol. The third-order valence-electron chi connectivity index (χ3n) is 6.96. The first-order valence-corrected chi connectivity index (χ1v) is 10.6. The maximum absolute atomic E-state index is 13.4. The van der Waals surface area contributed by atoms with Crippen LogP contribution in [0.2, 0.25) is 0 Å². The van der Waals surface area contributed by atoms with Crippen molar-refractivity contribution in [1.82, 2.24) is 10.2 Å². The molecule has 7 heteroatoms. The second-order valence-corrected chi connectivity index (χ2v) is 9.35. The van der Waals surface area contributed by atoms with E-state index in [1.807, 2.05) is 44.2 Å². The van der Waals surface area contributed by atoms with Crippen LogP contribution >= 0.6 is 0 Å². The molecule has 7 nitrogen and oxygen atoms in total. The first-order chi connectivity index (χ1) is 14.3. The van der Waals surface area contributed by atoms with E-state index in [2.05, 4.69) is 5.32 Å². The highest BCUT2D eigenvalue weighted by atomic mass is 16.5. The summed E-state index contributed by atoms with van der Waals surface area (Å²) in [7, 11) is 0. The van der Waals surface area contributed by atoms with E-state index in [1.54, 1.807) is 4.90 Å². The number of hydrogen-bond donors (Lipinski definition) is 2. The Bertz CT molecular complexity index is 1130. The van der Waals surface area contributed by atoms with Gasteiger partial charge in [-0.2, -0.15) is 0 Å². The third-order valence-corrected chi connectivity index (χ3v) is 6.96. The zero-order chi connectivity index (χ0) is 20.8. The summed E-state index contributed by atoms with van der Waals surface area (Å²) in [6.07, 6.45) is 8.33. The maximum Gasteiger partial charge on any atom is 0.276 e. The van der Waals surface area contributed by atoms with E-state index in [4.69, 9.17) is 4.74 Å². The highest BCUT2D eigenvalue weighted by molar-refractivity contribution is 6.27. The van der Waals surface area contributed by atoms with Gasteiger partial charge in [-0.15, -0.1) is 0 Å². The molecule has 5 aliphatic rings. The number of nitrogens with zero attached hydrogens (tertiary/aromatic N) is 2. The van der Waals surface area contributed by atoms with Crippen LogP contribution < -0.4 is 10.1 Å². The molecular formula is C23H24N3O4+. The number of piperazine rings is 1. The molecule has 1 aromatic rings. The van der Waals surface area contributed by atoms with E-state index in [0.29, 0.717) is 25.1 Å². The first kappa shape index (κ1) is 17.7. The Balaban J connectivity index is 1.49. The molecule has 1 aromatic carbocycles. The lowest BCUT2D eigenvalue weighted by atomic mass is 9.78. The summed E-state index contributed by atoms with van der Waals surface area (Å²) in [5, 5.41) is 14.0. The molecule has 0 saturated carbocycles. The Kier molecular flexibility index (Phi) is 3.27. The number of allylic oxidation sites excluding steroid dienone is 1. The fourth-order valence-electron chi connectivity index (χ4n) is 5.49. The zero-order valence-corrected chi connectivity index (χ0v) is 17.1. The fraction of sp³-hybridized carbons (Fsp3) is 0.435. The van der Waals surface area contributed by atoms with Crippen molar-refractivity contribution in [3.8, 4) is 5.75 Å². The van der Waals surface area contributed by atoms with Crippen molar-refractivity contribution < 1.29 is 24.3 Å². The number of nitrogens with one attached hydrogen (secondary N) is 1. The number of hydrogen-bond acceptors (Lipinski definition) is 4. The Labute approximate surface area is 174 Å². The summed E-state index contributed by atoms with van der Waals surface area (Å²) in [6, 6.07) is 3.50. The van der Waals surface area contributed by atoms with Crippen molar-refractivity contribution in [2.24, 2.45) is 0 Å². The molecule has 2 amide bonds. The van der Waals surface area contributed by atoms with E-state index >= 15 is 0 Å². The van der Waals surface area contributed by atoms with E-state index in [9.17, 15) is 14.8 Å². The van der Waals surface area contributed by atoms with Crippen LogP contribution in [0, 0.1) is 0 Å². The number of ether oxygens (including phenoxy) is 1. The van der Waals surface area contributed by atoms with Gasteiger partial charge in [0.1, 0.15) is 22.9 Å². The molecule has 154 valence electrons. The molecule has 4 heterocycles. The minimum Gasteiger partial charge on any atom is -0.483 e. The van der Waals surface area contributed by atoms with Crippen molar-refractivity contribution in [3.63, 3.8) is 0 Å². The van der Waals surface area contributed by atoms with E-state index < -0.39 is 11.1 Å². The van der Waals surface area contributed by atoms with Gasteiger partial charge in [-0.3, -0.25) is 14.8 Å². The summed E-state index contributed by atoms with van der Waals surface area (Å²) in [5.74, 6) is 0.615. The summed E-state index contributed by atoms with van der Waals surface area (Å²) in [4.78, 5) is 27.8. The molecule has 2 fully saturated rings. The van der Waals surface area contributed by atoms with Gasteiger partial charge in [0.15, 0.2) is 0 Å². The standard InChI is InChI=1S/C23H23N3O4/c1-22(2)9-7-14-18(30-22)6-5-13-15-12-23(10-8-16(15)26(29)19(13)14)21(28)25-11-3-4-17(25)20(27)24-23/h5-7,9,12,17H,3-4,8,10-11H2,1-2H3,(H-,24,27,29)/p+1/t17-,23-/m0/s1. The minimum absolute atomic E-state index is 0.0305. The normalized spacial score (nSPS) is 30.4. The highest BCUT2D eigenvalue weighted by Gasteiger charge is 2.55. The molecule has 0 radical (unpaired) electrons. The number of rotatable bonds is 0. The van der Waals surface area contributed by atoms with Crippen molar-refractivity contribution in [2.45, 2.75) is 56.7 Å². The van der Waals surface area contributed by atoms with Crippen LogP contribution in [0.25, 0.3) is 11.6 Å². The van der Waals surface area contributed by atoms with Crippen LogP contribution in [0.3, 0.4) is 0 Å². The van der Waals surface area contributed by atoms with Gasteiger partial charge in [0.05, 0.1) is 16.7 Å². The second-order valence-electron chi connectivity index (χ2n) is 9.35. The molecule has 30 heavy (non-hydrogen) atoms. The van der Waals surface area contributed by atoms with Gasteiger partial charge in [-0.05, 0) is 63.5 Å². The quantitative estimate of drug-likeness (QED) is 0.512. The largest absolute Gasteiger partial charge is 0.483 e. The lowest BCUT2D eigenvalue weighted by molar-refractivity contribution is -0.711. The topological polar surface area (TPSA) is 81.9 Å². The smallest absolute Gasteiger partial charge is 0.276 e. The number of carbonyl (C=O) groups excluding carboxylic acids is 2. The number of benzene rings is 1. The van der Waals surface area contributed by atoms with Crippen LogP contribution in [-0.4, -0.2) is 56.1 Å². The van der Waals surface area contributed by atoms with Gasteiger partial charge in [-0.1, -0.05) is 0 Å². The van der Waals surface area contributed by atoms with Crippen molar-refractivity contribution in [1.29, 1.82) is 0 Å². The predicted molar refractivity (Wildman–Crippen MR) is 110 cm³/mol. The van der Waals surface area contributed by atoms with Crippen LogP contribution in [0.5, 0.6) is 5.75 Å². The molecule has 0 bridgehead atoms.